The molecule has 0 fully saturated rings. The second-order valence-corrected chi connectivity index (χ2v) is 6.34. The van der Waals surface area contributed by atoms with E-state index in [1.807, 2.05) is 48.5 Å². The summed E-state index contributed by atoms with van der Waals surface area (Å²) in [5.74, 6) is 0. The third-order valence-corrected chi connectivity index (χ3v) is 4.38. The summed E-state index contributed by atoms with van der Waals surface area (Å²) in [6.07, 6.45) is 6.78. The Morgan fingerprint density at radius 2 is 1.17 bits per heavy atom. The SMILES string of the molecule is Nc1ccccc1C=Cc1cc(C=Cc2ccccc2)c([NH+]([O-])O)cc1[NH+]([O-])O. The van der Waals surface area contributed by atoms with Crippen LogP contribution in [0.15, 0.2) is 66.7 Å². The van der Waals surface area contributed by atoms with Crippen LogP contribution in [0, 0.1) is 10.4 Å². The molecule has 2 atom stereocenters. The second-order valence-electron chi connectivity index (χ2n) is 6.34. The van der Waals surface area contributed by atoms with Crippen molar-refractivity contribution in [3.05, 3.63) is 99.4 Å². The van der Waals surface area contributed by atoms with Crippen LogP contribution in [0.25, 0.3) is 24.3 Å². The van der Waals surface area contributed by atoms with E-state index in [0.29, 0.717) is 16.8 Å². The Hall–Kier alpha value is -3.30. The van der Waals surface area contributed by atoms with Crippen LogP contribution in [0.3, 0.4) is 0 Å². The van der Waals surface area contributed by atoms with Gasteiger partial charge in [0.15, 0.2) is 11.4 Å². The van der Waals surface area contributed by atoms with Crippen LogP contribution in [0.4, 0.5) is 17.1 Å². The minimum atomic E-state index is -1.20. The number of quaternary nitrogens is 2. The molecule has 0 saturated carbocycles. The van der Waals surface area contributed by atoms with Gasteiger partial charge in [-0.2, -0.15) is 10.5 Å². The summed E-state index contributed by atoms with van der Waals surface area (Å²) in [6, 6.07) is 19.4. The molecule has 0 saturated heterocycles. The molecule has 0 aliphatic rings. The van der Waals surface area contributed by atoms with E-state index >= 15 is 0 Å². The number of benzene rings is 3. The molecule has 0 aliphatic heterocycles. The zero-order valence-electron chi connectivity index (χ0n) is 15.4. The van der Waals surface area contributed by atoms with Crippen molar-refractivity contribution < 1.29 is 20.9 Å². The van der Waals surface area contributed by atoms with Gasteiger partial charge in [-0.3, -0.25) is 0 Å². The van der Waals surface area contributed by atoms with Crippen molar-refractivity contribution in [3.63, 3.8) is 0 Å². The molecular formula is C22H21N3O4. The molecule has 6 N–H and O–H groups in total. The van der Waals surface area contributed by atoms with E-state index in [1.165, 1.54) is 6.07 Å². The molecule has 7 heteroatoms. The molecule has 0 amide bonds. The minimum Gasteiger partial charge on any atom is -0.595 e. The van der Waals surface area contributed by atoms with E-state index < -0.39 is 10.5 Å². The number of rotatable bonds is 6. The normalized spacial score (nSPS) is 13.8. The lowest BCUT2D eigenvalue weighted by Gasteiger charge is -2.19. The van der Waals surface area contributed by atoms with Crippen LogP contribution in [0.1, 0.15) is 22.3 Å². The van der Waals surface area contributed by atoms with Crippen molar-refractivity contribution in [2.45, 2.75) is 0 Å². The van der Waals surface area contributed by atoms with Crippen LogP contribution in [0.2, 0.25) is 0 Å². The van der Waals surface area contributed by atoms with Crippen molar-refractivity contribution in [3.8, 4) is 0 Å². The molecular weight excluding hydrogens is 370 g/mol. The molecule has 0 aromatic heterocycles. The lowest BCUT2D eigenvalue weighted by Crippen LogP contribution is -3.01. The van der Waals surface area contributed by atoms with Crippen molar-refractivity contribution in [1.82, 2.24) is 0 Å². The summed E-state index contributed by atoms with van der Waals surface area (Å²) in [5, 5.41) is 40.1. The second kappa shape index (κ2) is 9.26. The third kappa shape index (κ3) is 5.15. The van der Waals surface area contributed by atoms with E-state index in [-0.39, 0.29) is 11.4 Å². The van der Waals surface area contributed by atoms with E-state index in [9.17, 15) is 20.8 Å². The standard InChI is InChI=1S/C22H21N3O4/c23-20-9-5-4-8-17(20)12-13-19-14-18(11-10-16-6-2-1-3-7-16)21(24(26)27)15-22(19)25(28)29/h1-15,24-26,28H,23H2. The fourth-order valence-electron chi connectivity index (χ4n) is 2.87. The van der Waals surface area contributed by atoms with Gasteiger partial charge in [0.05, 0.1) is 6.07 Å². The van der Waals surface area contributed by atoms with Crippen LogP contribution in [-0.4, -0.2) is 10.4 Å². The van der Waals surface area contributed by atoms with E-state index in [2.05, 4.69) is 0 Å². The van der Waals surface area contributed by atoms with Gasteiger partial charge in [-0.05, 0) is 35.4 Å². The molecule has 0 radical (unpaired) electrons. The van der Waals surface area contributed by atoms with Crippen molar-refractivity contribution in [2.75, 3.05) is 5.73 Å². The number of anilines is 1. The summed E-state index contributed by atoms with van der Waals surface area (Å²) in [6.45, 7) is 0. The highest BCUT2D eigenvalue weighted by Gasteiger charge is 2.16. The maximum absolute atomic E-state index is 11.7. The molecule has 3 rings (SSSR count). The van der Waals surface area contributed by atoms with Crippen LogP contribution in [-0.2, 0) is 0 Å². The first-order chi connectivity index (χ1) is 14.0. The fourth-order valence-corrected chi connectivity index (χ4v) is 2.87. The Morgan fingerprint density at radius 3 is 1.76 bits per heavy atom. The van der Waals surface area contributed by atoms with Crippen LogP contribution < -0.4 is 16.2 Å². The molecule has 29 heavy (non-hydrogen) atoms. The molecule has 0 heterocycles. The molecule has 148 valence electrons. The van der Waals surface area contributed by atoms with E-state index in [0.717, 1.165) is 11.1 Å². The monoisotopic (exact) mass is 391 g/mol. The molecule has 0 spiro atoms. The first kappa shape index (κ1) is 20.4. The van der Waals surface area contributed by atoms with Crippen molar-refractivity contribution >= 4 is 41.4 Å². The topological polar surface area (TPSA) is 121 Å². The van der Waals surface area contributed by atoms with Gasteiger partial charge in [-0.1, -0.05) is 60.7 Å². The Bertz CT molecular complexity index is 1030. The maximum Gasteiger partial charge on any atom is 0.177 e. The average Bonchev–Trinajstić information content (AvgIpc) is 2.71. The first-order valence-electron chi connectivity index (χ1n) is 8.86. The number of hydrogen-bond acceptors (Lipinski definition) is 5. The highest BCUT2D eigenvalue weighted by Crippen LogP contribution is 2.25. The van der Waals surface area contributed by atoms with E-state index in [4.69, 9.17) is 5.73 Å². The van der Waals surface area contributed by atoms with Gasteiger partial charge in [-0.25, -0.2) is 10.4 Å². The summed E-state index contributed by atoms with van der Waals surface area (Å²) in [7, 11) is 0. The molecule has 3 aromatic rings. The lowest BCUT2D eigenvalue weighted by molar-refractivity contribution is -0.996. The quantitative estimate of drug-likeness (QED) is 0.251. The number of hydrogen-bond donors (Lipinski definition) is 5. The maximum atomic E-state index is 11.7. The summed E-state index contributed by atoms with van der Waals surface area (Å²) < 4.78 is 0. The molecule has 2 unspecified atom stereocenters. The Kier molecular flexibility index (Phi) is 6.53. The molecule has 7 nitrogen and oxygen atoms in total. The highest BCUT2D eigenvalue weighted by atomic mass is 16.8. The zero-order valence-corrected chi connectivity index (χ0v) is 15.4. The van der Waals surface area contributed by atoms with Crippen molar-refractivity contribution in [2.24, 2.45) is 0 Å². The van der Waals surface area contributed by atoms with Gasteiger partial charge < -0.3 is 16.1 Å². The van der Waals surface area contributed by atoms with Crippen LogP contribution >= 0.6 is 0 Å². The van der Waals surface area contributed by atoms with Crippen LogP contribution in [0.5, 0.6) is 0 Å². The van der Waals surface area contributed by atoms with Gasteiger partial charge in [-0.15, -0.1) is 0 Å². The van der Waals surface area contributed by atoms with Gasteiger partial charge in [0.2, 0.25) is 0 Å². The minimum absolute atomic E-state index is 0.0778. The molecule has 0 aliphatic carbocycles. The Labute approximate surface area is 167 Å². The molecule has 0 bridgehead atoms. The van der Waals surface area contributed by atoms with Gasteiger partial charge in [0.1, 0.15) is 0 Å². The number of nitrogen functional groups attached to an aromatic ring is 1. The smallest absolute Gasteiger partial charge is 0.177 e. The Morgan fingerprint density at radius 1 is 0.655 bits per heavy atom. The van der Waals surface area contributed by atoms with Crippen molar-refractivity contribution in [1.29, 1.82) is 0 Å². The Balaban J connectivity index is 2.07. The predicted octanol–water partition coefficient (Wildman–Crippen LogP) is 2.42. The first-order valence-corrected chi connectivity index (χ1v) is 8.86. The highest BCUT2D eigenvalue weighted by molar-refractivity contribution is 5.83. The number of para-hydroxylation sites is 1. The van der Waals surface area contributed by atoms with E-state index in [1.54, 1.807) is 36.4 Å². The van der Waals surface area contributed by atoms with Gasteiger partial charge >= 0.3 is 0 Å². The summed E-state index contributed by atoms with van der Waals surface area (Å²) >= 11 is 0. The number of nitrogens with two attached hydrogens (primary N) is 1. The predicted molar refractivity (Wildman–Crippen MR) is 113 cm³/mol. The average molecular weight is 391 g/mol. The zero-order chi connectivity index (χ0) is 20.8. The number of nitrogens with one attached hydrogen (secondary N) is 2. The fraction of sp³-hybridized carbons (Fsp3) is 0. The largest absolute Gasteiger partial charge is 0.595 e. The van der Waals surface area contributed by atoms with Gasteiger partial charge in [0, 0.05) is 16.8 Å². The third-order valence-electron chi connectivity index (χ3n) is 4.38. The van der Waals surface area contributed by atoms with Gasteiger partial charge in [0.25, 0.3) is 0 Å². The lowest BCUT2D eigenvalue weighted by atomic mass is 10.0. The summed E-state index contributed by atoms with van der Waals surface area (Å²) in [5.41, 5.74) is 8.77. The molecule has 3 aromatic carbocycles. The summed E-state index contributed by atoms with van der Waals surface area (Å²) in [4.78, 5) is 0.